The molecule has 1 aromatic carbocycles. The van der Waals surface area contributed by atoms with Gasteiger partial charge in [0.15, 0.2) is 0 Å². The van der Waals surface area contributed by atoms with Gasteiger partial charge in [-0.15, -0.1) is 0 Å². The fraction of sp³-hybridized carbons (Fsp3) is 0.312. The number of rotatable bonds is 5. The van der Waals surface area contributed by atoms with Gasteiger partial charge in [0.1, 0.15) is 0 Å². The van der Waals surface area contributed by atoms with E-state index in [9.17, 15) is 4.79 Å². The number of nitrogens with one attached hydrogen (secondary N) is 1. The van der Waals surface area contributed by atoms with Crippen LogP contribution in [0, 0.1) is 0 Å². The lowest BCUT2D eigenvalue weighted by Gasteiger charge is -2.31. The fourth-order valence-electron chi connectivity index (χ4n) is 2.42. The van der Waals surface area contributed by atoms with Gasteiger partial charge in [-0.2, -0.15) is 0 Å². The fourth-order valence-corrected chi connectivity index (χ4v) is 2.76. The molecule has 1 aromatic heterocycles. The number of nitrogens with two attached hydrogens (primary N) is 1. The number of para-hydroxylation sites is 1. The van der Waals surface area contributed by atoms with Gasteiger partial charge in [-0.25, -0.2) is 0 Å². The number of thiocarbonyl (C=S) groups is 1. The van der Waals surface area contributed by atoms with Crippen molar-refractivity contribution in [3.8, 4) is 0 Å². The van der Waals surface area contributed by atoms with Gasteiger partial charge in [0, 0.05) is 11.6 Å². The average molecular weight is 301 g/mol. The summed E-state index contributed by atoms with van der Waals surface area (Å²) in [5.41, 5.74) is 6.57. The van der Waals surface area contributed by atoms with Crippen molar-refractivity contribution in [2.24, 2.45) is 5.73 Å². The van der Waals surface area contributed by atoms with E-state index in [4.69, 9.17) is 18.0 Å². The van der Waals surface area contributed by atoms with Crippen LogP contribution < -0.4 is 11.1 Å². The van der Waals surface area contributed by atoms with Crippen LogP contribution in [-0.4, -0.2) is 21.4 Å². The monoisotopic (exact) mass is 301 g/mol. The third-order valence-corrected chi connectivity index (χ3v) is 4.32. The zero-order chi connectivity index (χ0) is 15.5. The lowest BCUT2D eigenvalue weighted by atomic mass is 9.92. The van der Waals surface area contributed by atoms with Crippen molar-refractivity contribution in [1.29, 1.82) is 0 Å². The zero-order valence-corrected chi connectivity index (χ0v) is 13.0. The van der Waals surface area contributed by atoms with Gasteiger partial charge in [-0.3, -0.25) is 9.78 Å². The van der Waals surface area contributed by atoms with E-state index in [-0.39, 0.29) is 5.91 Å². The minimum atomic E-state index is -0.642. The van der Waals surface area contributed by atoms with Crippen LogP contribution in [0.25, 0.3) is 10.9 Å². The van der Waals surface area contributed by atoms with Gasteiger partial charge in [-0.05, 0) is 25.0 Å². The first-order chi connectivity index (χ1) is 10.0. The molecule has 1 heterocycles. The Balaban J connectivity index is 2.41. The highest BCUT2D eigenvalue weighted by Gasteiger charge is 2.32. The minimum absolute atomic E-state index is 0.176. The molecule has 2 rings (SSSR count). The molecule has 21 heavy (non-hydrogen) atoms. The topological polar surface area (TPSA) is 68.0 Å². The number of carbonyl (C=O) groups is 1. The second-order valence-corrected chi connectivity index (χ2v) is 5.42. The zero-order valence-electron chi connectivity index (χ0n) is 12.2. The second kappa shape index (κ2) is 6.18. The maximum atomic E-state index is 12.6. The van der Waals surface area contributed by atoms with Crippen LogP contribution in [0.3, 0.4) is 0 Å². The number of hydrogen-bond donors (Lipinski definition) is 2. The summed E-state index contributed by atoms with van der Waals surface area (Å²) in [6.07, 6.45) is 2.96. The van der Waals surface area contributed by atoms with Gasteiger partial charge in [0.05, 0.1) is 21.6 Å². The van der Waals surface area contributed by atoms with Crippen molar-refractivity contribution in [1.82, 2.24) is 10.3 Å². The van der Waals surface area contributed by atoms with Crippen LogP contribution >= 0.6 is 12.2 Å². The van der Waals surface area contributed by atoms with E-state index >= 15 is 0 Å². The maximum absolute atomic E-state index is 12.6. The Morgan fingerprint density at radius 1 is 1.29 bits per heavy atom. The van der Waals surface area contributed by atoms with Crippen molar-refractivity contribution in [3.63, 3.8) is 0 Å². The minimum Gasteiger partial charge on any atom is -0.391 e. The van der Waals surface area contributed by atoms with Gasteiger partial charge in [0.25, 0.3) is 5.91 Å². The highest BCUT2D eigenvalue weighted by Crippen LogP contribution is 2.20. The molecule has 3 N–H and O–H groups in total. The SMILES string of the molecule is CCC(CC)(NC(=O)c1ccnc2ccccc12)C(N)=S. The smallest absolute Gasteiger partial charge is 0.252 e. The van der Waals surface area contributed by atoms with Crippen molar-refractivity contribution in [2.45, 2.75) is 32.2 Å². The molecule has 5 heteroatoms. The number of carbonyl (C=O) groups excluding carboxylic acids is 1. The van der Waals surface area contributed by atoms with Crippen molar-refractivity contribution in [2.75, 3.05) is 0 Å². The third kappa shape index (κ3) is 2.88. The molecular formula is C16H19N3OS. The van der Waals surface area contributed by atoms with Crippen molar-refractivity contribution < 1.29 is 4.79 Å². The first-order valence-electron chi connectivity index (χ1n) is 7.00. The van der Waals surface area contributed by atoms with Gasteiger partial charge in [-0.1, -0.05) is 44.3 Å². The summed E-state index contributed by atoms with van der Waals surface area (Å²) in [5, 5.41) is 3.83. The summed E-state index contributed by atoms with van der Waals surface area (Å²) in [6, 6.07) is 9.27. The Labute approximate surface area is 129 Å². The van der Waals surface area contributed by atoms with E-state index in [0.29, 0.717) is 23.4 Å². The Morgan fingerprint density at radius 2 is 1.95 bits per heavy atom. The Bertz CT molecular complexity index is 675. The van der Waals surface area contributed by atoms with E-state index in [2.05, 4.69) is 10.3 Å². The first kappa shape index (κ1) is 15.4. The lowest BCUT2D eigenvalue weighted by molar-refractivity contribution is 0.0921. The molecule has 0 atom stereocenters. The molecule has 0 spiro atoms. The van der Waals surface area contributed by atoms with E-state index < -0.39 is 5.54 Å². The molecule has 0 unspecified atom stereocenters. The lowest BCUT2D eigenvalue weighted by Crippen LogP contribution is -2.56. The summed E-state index contributed by atoms with van der Waals surface area (Å²) >= 11 is 5.14. The average Bonchev–Trinajstić information content (AvgIpc) is 2.51. The van der Waals surface area contributed by atoms with Crippen LogP contribution in [0.5, 0.6) is 0 Å². The highest BCUT2D eigenvalue weighted by molar-refractivity contribution is 7.80. The van der Waals surface area contributed by atoms with E-state index in [0.717, 1.165) is 10.9 Å². The quantitative estimate of drug-likeness (QED) is 0.833. The van der Waals surface area contributed by atoms with E-state index in [1.54, 1.807) is 12.3 Å². The molecule has 4 nitrogen and oxygen atoms in total. The molecule has 2 aromatic rings. The van der Waals surface area contributed by atoms with Crippen LogP contribution in [-0.2, 0) is 0 Å². The Kier molecular flexibility index (Phi) is 4.53. The summed E-state index contributed by atoms with van der Waals surface area (Å²) in [7, 11) is 0. The van der Waals surface area contributed by atoms with Crippen molar-refractivity contribution in [3.05, 3.63) is 42.1 Å². The molecule has 0 bridgehead atoms. The van der Waals surface area contributed by atoms with E-state index in [1.165, 1.54) is 0 Å². The molecule has 0 aliphatic heterocycles. The van der Waals surface area contributed by atoms with Crippen LogP contribution in [0.4, 0.5) is 0 Å². The Hall–Kier alpha value is -2.01. The normalized spacial score (nSPS) is 11.3. The van der Waals surface area contributed by atoms with Crippen LogP contribution in [0.2, 0.25) is 0 Å². The molecule has 0 fully saturated rings. The molecule has 0 saturated heterocycles. The summed E-state index contributed by atoms with van der Waals surface area (Å²) in [5.74, 6) is -0.176. The number of pyridine rings is 1. The first-order valence-corrected chi connectivity index (χ1v) is 7.41. The van der Waals surface area contributed by atoms with Gasteiger partial charge in [0.2, 0.25) is 0 Å². The van der Waals surface area contributed by atoms with Gasteiger partial charge >= 0.3 is 0 Å². The molecule has 0 aliphatic carbocycles. The predicted molar refractivity (Wildman–Crippen MR) is 89.3 cm³/mol. The number of hydrogen-bond acceptors (Lipinski definition) is 3. The second-order valence-electron chi connectivity index (χ2n) is 4.98. The van der Waals surface area contributed by atoms with E-state index in [1.807, 2.05) is 38.1 Å². The standard InChI is InChI=1S/C16H19N3OS/c1-3-16(4-2,15(17)21)19-14(20)12-9-10-18-13-8-6-5-7-11(12)13/h5-10H,3-4H2,1-2H3,(H2,17,21)(H,19,20). The molecule has 0 radical (unpaired) electrons. The molecule has 110 valence electrons. The van der Waals surface area contributed by atoms with Gasteiger partial charge < -0.3 is 11.1 Å². The number of amides is 1. The molecule has 0 saturated carbocycles. The summed E-state index contributed by atoms with van der Waals surface area (Å²) in [4.78, 5) is 17.2. The molecule has 1 amide bonds. The molecular weight excluding hydrogens is 282 g/mol. The summed E-state index contributed by atoms with van der Waals surface area (Å²) in [6.45, 7) is 3.93. The largest absolute Gasteiger partial charge is 0.391 e. The number of benzene rings is 1. The summed E-state index contributed by atoms with van der Waals surface area (Å²) < 4.78 is 0. The maximum Gasteiger partial charge on any atom is 0.252 e. The Morgan fingerprint density at radius 3 is 2.57 bits per heavy atom. The molecule has 0 aliphatic rings. The van der Waals surface area contributed by atoms with Crippen LogP contribution in [0.15, 0.2) is 36.5 Å². The number of fused-ring (bicyclic) bond motifs is 1. The predicted octanol–water partition coefficient (Wildman–Crippen LogP) is 2.81. The third-order valence-electron chi connectivity index (χ3n) is 3.93. The number of nitrogens with zero attached hydrogens (tertiary/aromatic N) is 1. The number of aromatic nitrogens is 1. The van der Waals surface area contributed by atoms with Crippen LogP contribution in [0.1, 0.15) is 37.0 Å². The highest BCUT2D eigenvalue weighted by atomic mass is 32.1. The van der Waals surface area contributed by atoms with Crippen molar-refractivity contribution >= 4 is 34.0 Å².